The van der Waals surface area contributed by atoms with Crippen molar-refractivity contribution in [1.29, 1.82) is 0 Å². The van der Waals surface area contributed by atoms with Gasteiger partial charge in [0.2, 0.25) is 0 Å². The minimum absolute atomic E-state index is 0.213. The average Bonchev–Trinajstić information content (AvgIpc) is 2.34. The third kappa shape index (κ3) is 2.45. The van der Waals surface area contributed by atoms with Gasteiger partial charge in [0.05, 0.1) is 0 Å². The maximum absolute atomic E-state index is 11.9. The number of aromatic nitrogens is 2. The van der Waals surface area contributed by atoms with Crippen LogP contribution in [0.25, 0.3) is 0 Å². The van der Waals surface area contributed by atoms with E-state index < -0.39 is 18.7 Å². The molecule has 0 radical (unpaired) electrons. The average molecular weight is 194 g/mol. The molecule has 0 aliphatic heterocycles. The van der Waals surface area contributed by atoms with Crippen molar-refractivity contribution in [1.82, 2.24) is 9.55 Å². The molecular weight excluding hydrogens is 185 g/mol. The van der Waals surface area contributed by atoms with Crippen LogP contribution in [0.15, 0.2) is 12.4 Å². The summed E-state index contributed by atoms with van der Waals surface area (Å²) >= 11 is 0. The van der Waals surface area contributed by atoms with E-state index in [1.807, 2.05) is 0 Å². The Morgan fingerprint density at radius 1 is 1.62 bits per heavy atom. The molecule has 0 saturated heterocycles. The van der Waals surface area contributed by atoms with E-state index in [9.17, 15) is 13.2 Å². The Balaban J connectivity index is 2.65. The van der Waals surface area contributed by atoms with E-state index in [-0.39, 0.29) is 5.82 Å². The van der Waals surface area contributed by atoms with Crippen molar-refractivity contribution in [3.05, 3.63) is 18.2 Å². The predicted molar refractivity (Wildman–Crippen MR) is 39.0 cm³/mol. The highest BCUT2D eigenvalue weighted by Crippen LogP contribution is 2.22. The van der Waals surface area contributed by atoms with Crippen LogP contribution in [-0.2, 0) is 13.5 Å². The summed E-state index contributed by atoms with van der Waals surface area (Å²) in [5, 5.41) is 8.70. The molecule has 0 unspecified atom stereocenters. The Labute approximate surface area is 72.8 Å². The van der Waals surface area contributed by atoms with Crippen LogP contribution in [0.3, 0.4) is 0 Å². The van der Waals surface area contributed by atoms with Gasteiger partial charge in [-0.1, -0.05) is 0 Å². The molecular formula is C7H9F3N2O. The first-order valence-corrected chi connectivity index (χ1v) is 3.62. The van der Waals surface area contributed by atoms with Gasteiger partial charge in [0.1, 0.15) is 5.82 Å². The second-order valence-electron chi connectivity index (χ2n) is 2.72. The molecule has 0 spiro atoms. The monoisotopic (exact) mass is 194 g/mol. The fraction of sp³-hybridized carbons (Fsp3) is 0.571. The summed E-state index contributed by atoms with van der Waals surface area (Å²) in [4.78, 5) is 3.67. The molecule has 0 amide bonds. The summed E-state index contributed by atoms with van der Waals surface area (Å²) in [6.45, 7) is 0. The van der Waals surface area contributed by atoms with Gasteiger partial charge in [0, 0.05) is 25.9 Å². The van der Waals surface area contributed by atoms with Crippen LogP contribution in [0.4, 0.5) is 13.2 Å². The Morgan fingerprint density at radius 3 is 2.62 bits per heavy atom. The van der Waals surface area contributed by atoms with Crippen LogP contribution < -0.4 is 0 Å². The third-order valence-electron chi connectivity index (χ3n) is 1.67. The molecule has 0 bridgehead atoms. The van der Waals surface area contributed by atoms with Crippen molar-refractivity contribution in [2.75, 3.05) is 0 Å². The maximum Gasteiger partial charge on any atom is 0.414 e. The second kappa shape index (κ2) is 3.37. The molecule has 1 atom stereocenters. The number of hydrogen-bond acceptors (Lipinski definition) is 2. The molecule has 1 rings (SSSR count). The number of hydrogen-bond donors (Lipinski definition) is 1. The van der Waals surface area contributed by atoms with Gasteiger partial charge < -0.3 is 9.67 Å². The van der Waals surface area contributed by atoms with E-state index in [1.54, 1.807) is 7.05 Å². The molecule has 6 heteroatoms. The summed E-state index contributed by atoms with van der Waals surface area (Å²) in [7, 11) is 1.57. The smallest absolute Gasteiger partial charge is 0.383 e. The summed E-state index contributed by atoms with van der Waals surface area (Å²) < 4.78 is 37.1. The minimum Gasteiger partial charge on any atom is -0.383 e. The molecule has 13 heavy (non-hydrogen) atoms. The van der Waals surface area contributed by atoms with Crippen LogP contribution in [0.2, 0.25) is 0 Å². The Kier molecular flexibility index (Phi) is 2.60. The van der Waals surface area contributed by atoms with Gasteiger partial charge in [-0.3, -0.25) is 0 Å². The lowest BCUT2D eigenvalue weighted by molar-refractivity contribution is -0.203. The second-order valence-corrected chi connectivity index (χ2v) is 2.72. The normalized spacial score (nSPS) is 14.5. The Hall–Kier alpha value is -1.04. The van der Waals surface area contributed by atoms with Gasteiger partial charge in [0.15, 0.2) is 6.10 Å². The number of imidazole rings is 1. The molecule has 1 N–H and O–H groups in total. The third-order valence-corrected chi connectivity index (χ3v) is 1.67. The SMILES string of the molecule is Cn1ccnc1C[C@@H](O)C(F)(F)F. The first-order valence-electron chi connectivity index (χ1n) is 3.62. The summed E-state index contributed by atoms with van der Waals surface area (Å²) in [6.07, 6.45) is -4.51. The highest BCUT2D eigenvalue weighted by molar-refractivity contribution is 4.94. The van der Waals surface area contributed by atoms with Crippen LogP contribution in [-0.4, -0.2) is 26.9 Å². The van der Waals surface area contributed by atoms with Crippen LogP contribution in [0.1, 0.15) is 5.82 Å². The predicted octanol–water partition coefficient (Wildman–Crippen LogP) is 0.886. The van der Waals surface area contributed by atoms with Gasteiger partial charge in [-0.05, 0) is 0 Å². The van der Waals surface area contributed by atoms with Crippen LogP contribution >= 0.6 is 0 Å². The lowest BCUT2D eigenvalue weighted by Gasteiger charge is -2.13. The molecule has 0 aliphatic carbocycles. The molecule has 0 saturated carbocycles. The van der Waals surface area contributed by atoms with Crippen molar-refractivity contribution >= 4 is 0 Å². The molecule has 0 fully saturated rings. The molecule has 3 nitrogen and oxygen atoms in total. The van der Waals surface area contributed by atoms with E-state index in [2.05, 4.69) is 4.98 Å². The number of rotatable bonds is 2. The minimum atomic E-state index is -4.58. The summed E-state index contributed by atoms with van der Waals surface area (Å²) in [5.41, 5.74) is 0. The molecule has 1 aromatic rings. The van der Waals surface area contributed by atoms with Gasteiger partial charge in [-0.2, -0.15) is 13.2 Å². The first-order chi connectivity index (χ1) is 5.91. The number of aryl methyl sites for hydroxylation is 1. The maximum atomic E-state index is 11.9. The standard InChI is InChI=1S/C7H9F3N2O/c1-12-3-2-11-6(12)4-5(13)7(8,9)10/h2-3,5,13H,4H2,1H3/t5-/m1/s1. The largest absolute Gasteiger partial charge is 0.414 e. The lowest BCUT2D eigenvalue weighted by atomic mass is 10.2. The molecule has 1 heterocycles. The van der Waals surface area contributed by atoms with E-state index in [0.717, 1.165) is 0 Å². The summed E-state index contributed by atoms with van der Waals surface area (Å²) in [5.74, 6) is 0.213. The Morgan fingerprint density at radius 2 is 2.23 bits per heavy atom. The van der Waals surface area contributed by atoms with Gasteiger partial charge in [0.25, 0.3) is 0 Å². The molecule has 0 aliphatic rings. The fourth-order valence-electron chi connectivity index (χ4n) is 0.882. The van der Waals surface area contributed by atoms with Crippen molar-refractivity contribution in [2.45, 2.75) is 18.7 Å². The van der Waals surface area contributed by atoms with Gasteiger partial charge in [-0.15, -0.1) is 0 Å². The number of alkyl halides is 3. The zero-order chi connectivity index (χ0) is 10.1. The quantitative estimate of drug-likeness (QED) is 0.759. The van der Waals surface area contributed by atoms with Crippen LogP contribution in [0, 0.1) is 0 Å². The zero-order valence-electron chi connectivity index (χ0n) is 6.91. The van der Waals surface area contributed by atoms with Crippen molar-refractivity contribution < 1.29 is 18.3 Å². The number of aliphatic hydroxyl groups is 1. The number of aliphatic hydroxyl groups excluding tert-OH is 1. The van der Waals surface area contributed by atoms with Crippen molar-refractivity contribution in [3.63, 3.8) is 0 Å². The van der Waals surface area contributed by atoms with Crippen LogP contribution in [0.5, 0.6) is 0 Å². The number of halogens is 3. The molecule has 74 valence electrons. The topological polar surface area (TPSA) is 38.0 Å². The van der Waals surface area contributed by atoms with E-state index in [1.165, 1.54) is 17.0 Å². The lowest BCUT2D eigenvalue weighted by Crippen LogP contribution is -2.31. The molecule has 0 aromatic carbocycles. The van der Waals surface area contributed by atoms with E-state index in [0.29, 0.717) is 0 Å². The van der Waals surface area contributed by atoms with Crippen molar-refractivity contribution in [3.8, 4) is 0 Å². The molecule has 1 aromatic heterocycles. The van der Waals surface area contributed by atoms with E-state index in [4.69, 9.17) is 5.11 Å². The summed E-state index contributed by atoms with van der Waals surface area (Å²) in [6, 6.07) is 0. The van der Waals surface area contributed by atoms with Gasteiger partial charge >= 0.3 is 6.18 Å². The fourth-order valence-corrected chi connectivity index (χ4v) is 0.882. The first kappa shape index (κ1) is 10.0. The van der Waals surface area contributed by atoms with E-state index >= 15 is 0 Å². The van der Waals surface area contributed by atoms with Gasteiger partial charge in [-0.25, -0.2) is 4.98 Å². The Bertz CT molecular complexity index is 282. The highest BCUT2D eigenvalue weighted by atomic mass is 19.4. The zero-order valence-corrected chi connectivity index (χ0v) is 6.91. The van der Waals surface area contributed by atoms with Crippen molar-refractivity contribution in [2.24, 2.45) is 7.05 Å². The highest BCUT2D eigenvalue weighted by Gasteiger charge is 2.38. The number of nitrogens with zero attached hydrogens (tertiary/aromatic N) is 2.